The van der Waals surface area contributed by atoms with E-state index >= 15 is 0 Å². The summed E-state index contributed by atoms with van der Waals surface area (Å²) in [7, 11) is 3.38. The summed E-state index contributed by atoms with van der Waals surface area (Å²) in [5, 5.41) is 0. The van der Waals surface area contributed by atoms with Crippen LogP contribution >= 0.6 is 0 Å². The van der Waals surface area contributed by atoms with Crippen molar-refractivity contribution in [2.24, 2.45) is 5.73 Å². The van der Waals surface area contributed by atoms with Crippen LogP contribution in [-0.4, -0.2) is 50.8 Å². The zero-order chi connectivity index (χ0) is 14.3. The first-order valence-corrected chi connectivity index (χ1v) is 6.29. The summed E-state index contributed by atoms with van der Waals surface area (Å²) in [6.07, 6.45) is 0. The van der Waals surface area contributed by atoms with Crippen molar-refractivity contribution in [2.45, 2.75) is 13.0 Å². The van der Waals surface area contributed by atoms with E-state index < -0.39 is 0 Å². The van der Waals surface area contributed by atoms with Gasteiger partial charge in [-0.15, -0.1) is 0 Å². The Hall–Kier alpha value is -1.59. The molecule has 0 aliphatic heterocycles. The van der Waals surface area contributed by atoms with Gasteiger partial charge < -0.3 is 20.1 Å². The molecule has 0 fully saturated rings. The Balaban J connectivity index is 2.62. The molecule has 0 radical (unpaired) electrons. The van der Waals surface area contributed by atoms with Crippen molar-refractivity contribution < 1.29 is 14.3 Å². The maximum Gasteiger partial charge on any atom is 0.253 e. The molecule has 0 saturated heterocycles. The van der Waals surface area contributed by atoms with Gasteiger partial charge in [-0.05, 0) is 31.2 Å². The summed E-state index contributed by atoms with van der Waals surface area (Å²) in [6.45, 7) is 3.39. The molecule has 0 bridgehead atoms. The number of hydrogen-bond donors (Lipinski definition) is 1. The number of hydrogen-bond acceptors (Lipinski definition) is 4. The number of carbonyl (C=O) groups excluding carboxylic acids is 1. The van der Waals surface area contributed by atoms with Crippen molar-refractivity contribution in [3.8, 4) is 5.75 Å². The number of methoxy groups -OCH3 is 1. The first-order valence-electron chi connectivity index (χ1n) is 6.29. The van der Waals surface area contributed by atoms with Crippen LogP contribution in [0.15, 0.2) is 24.3 Å². The average molecular weight is 266 g/mol. The van der Waals surface area contributed by atoms with Gasteiger partial charge in [0.25, 0.3) is 5.91 Å². The van der Waals surface area contributed by atoms with Crippen LogP contribution in [0.3, 0.4) is 0 Å². The Morgan fingerprint density at radius 1 is 1.32 bits per heavy atom. The minimum atomic E-state index is -0.0404. The van der Waals surface area contributed by atoms with E-state index in [1.165, 1.54) is 0 Å². The average Bonchev–Trinajstić information content (AvgIpc) is 2.46. The number of amides is 1. The summed E-state index contributed by atoms with van der Waals surface area (Å²) in [6, 6.07) is 7.09. The molecular formula is C14H22N2O3. The van der Waals surface area contributed by atoms with Gasteiger partial charge in [0.2, 0.25) is 0 Å². The predicted octanol–water partition coefficient (Wildman–Crippen LogP) is 1.13. The normalized spacial score (nSPS) is 12.0. The number of ether oxygens (including phenoxy) is 2. The number of nitrogens with zero attached hydrogens (tertiary/aromatic N) is 1. The van der Waals surface area contributed by atoms with Gasteiger partial charge in [0.15, 0.2) is 0 Å². The maximum atomic E-state index is 12.1. The van der Waals surface area contributed by atoms with E-state index in [-0.39, 0.29) is 11.9 Å². The van der Waals surface area contributed by atoms with Gasteiger partial charge in [0.05, 0.1) is 6.61 Å². The van der Waals surface area contributed by atoms with Gasteiger partial charge in [0, 0.05) is 32.3 Å². The van der Waals surface area contributed by atoms with Crippen molar-refractivity contribution in [1.29, 1.82) is 0 Å². The molecule has 0 aliphatic rings. The van der Waals surface area contributed by atoms with E-state index in [2.05, 4.69) is 0 Å². The van der Waals surface area contributed by atoms with E-state index in [0.29, 0.717) is 25.3 Å². The van der Waals surface area contributed by atoms with Crippen LogP contribution in [0.25, 0.3) is 0 Å². The first-order chi connectivity index (χ1) is 9.10. The van der Waals surface area contributed by atoms with Crippen LogP contribution in [-0.2, 0) is 4.74 Å². The molecule has 1 amide bonds. The molecule has 0 saturated carbocycles. The summed E-state index contributed by atoms with van der Waals surface area (Å²) in [5.41, 5.74) is 6.18. The zero-order valence-corrected chi connectivity index (χ0v) is 11.8. The van der Waals surface area contributed by atoms with Crippen molar-refractivity contribution >= 4 is 5.91 Å². The molecule has 0 heterocycles. The van der Waals surface area contributed by atoms with Gasteiger partial charge in [-0.25, -0.2) is 0 Å². The summed E-state index contributed by atoms with van der Waals surface area (Å²) in [5.74, 6) is 0.685. The van der Waals surface area contributed by atoms with Crippen molar-refractivity contribution in [2.75, 3.05) is 33.9 Å². The smallest absolute Gasteiger partial charge is 0.253 e. The molecule has 5 heteroatoms. The second-order valence-corrected chi connectivity index (χ2v) is 4.37. The quantitative estimate of drug-likeness (QED) is 0.751. The van der Waals surface area contributed by atoms with E-state index in [4.69, 9.17) is 15.2 Å². The highest BCUT2D eigenvalue weighted by molar-refractivity contribution is 5.94. The fourth-order valence-corrected chi connectivity index (χ4v) is 1.50. The lowest BCUT2D eigenvalue weighted by molar-refractivity contribution is 0.0748. The monoisotopic (exact) mass is 266 g/mol. The van der Waals surface area contributed by atoms with Crippen molar-refractivity contribution in [3.05, 3.63) is 29.8 Å². The van der Waals surface area contributed by atoms with E-state index in [1.807, 2.05) is 6.92 Å². The highest BCUT2D eigenvalue weighted by Gasteiger charge is 2.16. The minimum Gasteiger partial charge on any atom is -0.491 e. The third kappa shape index (κ3) is 4.54. The Labute approximate surface area is 114 Å². The van der Waals surface area contributed by atoms with E-state index in [1.54, 1.807) is 43.3 Å². The molecule has 0 spiro atoms. The second-order valence-electron chi connectivity index (χ2n) is 4.37. The second kappa shape index (κ2) is 7.76. The third-order valence-electron chi connectivity index (χ3n) is 2.98. The van der Waals surface area contributed by atoms with Crippen LogP contribution in [0, 0.1) is 0 Å². The Morgan fingerprint density at radius 3 is 2.47 bits per heavy atom. The number of carbonyl (C=O) groups is 1. The lowest BCUT2D eigenvalue weighted by Gasteiger charge is -2.23. The Bertz CT molecular complexity index is 392. The van der Waals surface area contributed by atoms with Crippen LogP contribution < -0.4 is 10.5 Å². The van der Waals surface area contributed by atoms with Crippen molar-refractivity contribution in [3.63, 3.8) is 0 Å². The molecule has 1 aromatic rings. The number of likely N-dealkylation sites (N-methyl/N-ethyl adjacent to an activating group) is 1. The van der Waals surface area contributed by atoms with Crippen LogP contribution in [0.2, 0.25) is 0 Å². The summed E-state index contributed by atoms with van der Waals surface area (Å²) >= 11 is 0. The van der Waals surface area contributed by atoms with Gasteiger partial charge in [-0.2, -0.15) is 0 Å². The lowest BCUT2D eigenvalue weighted by atomic mass is 10.1. The fourth-order valence-electron chi connectivity index (χ4n) is 1.50. The predicted molar refractivity (Wildman–Crippen MR) is 74.4 cm³/mol. The standard InChI is InChI=1S/C14H22N2O3/c1-11(10-15)16(2)14(17)12-4-6-13(7-5-12)19-9-8-18-3/h4-7,11H,8-10,15H2,1-3H3. The maximum absolute atomic E-state index is 12.1. The highest BCUT2D eigenvalue weighted by atomic mass is 16.5. The summed E-state index contributed by atoms with van der Waals surface area (Å²) < 4.78 is 10.3. The Kier molecular flexibility index (Phi) is 6.32. The third-order valence-corrected chi connectivity index (χ3v) is 2.98. The molecule has 1 unspecified atom stereocenters. The molecule has 1 rings (SSSR count). The van der Waals surface area contributed by atoms with Gasteiger partial charge in [0.1, 0.15) is 12.4 Å². The Morgan fingerprint density at radius 2 is 1.95 bits per heavy atom. The molecule has 2 N–H and O–H groups in total. The molecule has 0 aromatic heterocycles. The number of nitrogens with two attached hydrogens (primary N) is 1. The fraction of sp³-hybridized carbons (Fsp3) is 0.500. The summed E-state index contributed by atoms with van der Waals surface area (Å²) in [4.78, 5) is 13.8. The topological polar surface area (TPSA) is 64.8 Å². The molecule has 5 nitrogen and oxygen atoms in total. The van der Waals surface area contributed by atoms with Gasteiger partial charge >= 0.3 is 0 Å². The van der Waals surface area contributed by atoms with Crippen LogP contribution in [0.4, 0.5) is 0 Å². The number of benzene rings is 1. The molecule has 19 heavy (non-hydrogen) atoms. The molecule has 0 aliphatic carbocycles. The van der Waals surface area contributed by atoms with Crippen LogP contribution in [0.5, 0.6) is 5.75 Å². The van der Waals surface area contributed by atoms with Crippen molar-refractivity contribution in [1.82, 2.24) is 4.90 Å². The zero-order valence-electron chi connectivity index (χ0n) is 11.8. The van der Waals surface area contributed by atoms with E-state index in [9.17, 15) is 4.79 Å². The minimum absolute atomic E-state index is 0.0186. The SMILES string of the molecule is COCCOc1ccc(C(=O)N(C)C(C)CN)cc1. The van der Waals surface area contributed by atoms with Gasteiger partial charge in [-0.3, -0.25) is 4.79 Å². The number of rotatable bonds is 7. The highest BCUT2D eigenvalue weighted by Crippen LogP contribution is 2.14. The van der Waals surface area contributed by atoms with Gasteiger partial charge in [-0.1, -0.05) is 0 Å². The van der Waals surface area contributed by atoms with E-state index in [0.717, 1.165) is 5.75 Å². The molecule has 106 valence electrons. The largest absolute Gasteiger partial charge is 0.491 e. The first kappa shape index (κ1) is 15.5. The molecule has 1 atom stereocenters. The van der Waals surface area contributed by atoms with Crippen LogP contribution in [0.1, 0.15) is 17.3 Å². The molecular weight excluding hydrogens is 244 g/mol. The molecule has 1 aromatic carbocycles. The lowest BCUT2D eigenvalue weighted by Crippen LogP contribution is -2.39.